The van der Waals surface area contributed by atoms with Gasteiger partial charge >= 0.3 is 5.97 Å². The van der Waals surface area contributed by atoms with Crippen LogP contribution in [-0.2, 0) is 23.8 Å². The van der Waals surface area contributed by atoms with Crippen molar-refractivity contribution in [3.05, 3.63) is 11.6 Å². The minimum absolute atomic E-state index is 0.0173. The quantitative estimate of drug-likeness (QED) is 0.351. The fourth-order valence-electron chi connectivity index (χ4n) is 10.7. The van der Waals surface area contributed by atoms with Crippen molar-refractivity contribution in [3.8, 4) is 0 Å². The molecule has 0 bridgehead atoms. The summed E-state index contributed by atoms with van der Waals surface area (Å²) >= 11 is 0. The molecule has 5 rings (SSSR count). The van der Waals surface area contributed by atoms with Gasteiger partial charge in [0.25, 0.3) is 0 Å². The minimum atomic E-state index is -1.27. The minimum Gasteiger partial charge on any atom is -0.462 e. The van der Waals surface area contributed by atoms with Crippen LogP contribution in [-0.4, -0.2) is 59.3 Å². The Labute approximate surface area is 240 Å². The van der Waals surface area contributed by atoms with Crippen molar-refractivity contribution >= 4 is 11.8 Å². The van der Waals surface area contributed by atoms with Gasteiger partial charge in [-0.25, -0.2) is 0 Å². The third-order valence-corrected chi connectivity index (χ3v) is 12.8. The molecule has 0 spiro atoms. The summed E-state index contributed by atoms with van der Waals surface area (Å²) in [5.74, 6) is 0.847. The molecule has 1 saturated heterocycles. The van der Waals surface area contributed by atoms with E-state index >= 15 is 0 Å². The second kappa shape index (κ2) is 9.62. The molecule has 4 fully saturated rings. The van der Waals surface area contributed by atoms with E-state index in [1.807, 2.05) is 0 Å². The number of hydrogen-bond acceptors (Lipinski definition) is 7. The number of esters is 1. The molecule has 226 valence electrons. The van der Waals surface area contributed by atoms with Gasteiger partial charge in [-0.1, -0.05) is 46.3 Å². The largest absolute Gasteiger partial charge is 0.462 e. The number of Topliss-reactive ketones (excluding diaryl/α,β-unsaturated/α-hetero) is 1. The number of carbonyl (C=O) groups excluding carboxylic acids is 2. The van der Waals surface area contributed by atoms with Crippen LogP contribution in [0.4, 0.5) is 0 Å². The molecule has 7 heteroatoms. The number of ether oxygens (including phenoxy) is 3. The maximum absolute atomic E-state index is 13.1. The number of allylic oxidation sites excluding steroid dienone is 1. The van der Waals surface area contributed by atoms with Gasteiger partial charge in [0.05, 0.1) is 11.7 Å². The number of aliphatic hydroxyl groups excluding tert-OH is 1. The zero-order valence-electron chi connectivity index (χ0n) is 26.1. The van der Waals surface area contributed by atoms with Crippen LogP contribution in [0.25, 0.3) is 0 Å². The molecule has 0 aromatic rings. The number of rotatable bonds is 5. The fourth-order valence-corrected chi connectivity index (χ4v) is 10.7. The molecule has 0 aromatic carbocycles. The van der Waals surface area contributed by atoms with Gasteiger partial charge in [-0.05, 0) is 81.0 Å². The number of fused-ring (bicyclic) bond motifs is 5. The van der Waals surface area contributed by atoms with Crippen LogP contribution in [0.5, 0.6) is 0 Å². The first kappa shape index (κ1) is 30.2. The van der Waals surface area contributed by atoms with Crippen molar-refractivity contribution in [2.24, 2.45) is 45.3 Å². The van der Waals surface area contributed by atoms with Crippen molar-refractivity contribution in [1.82, 2.24) is 0 Å². The van der Waals surface area contributed by atoms with Gasteiger partial charge in [0.1, 0.15) is 18.0 Å². The Morgan fingerprint density at radius 2 is 1.80 bits per heavy atom. The Hall–Kier alpha value is -1.28. The second-order valence-corrected chi connectivity index (χ2v) is 15.6. The molecule has 5 aliphatic rings. The van der Waals surface area contributed by atoms with Crippen LogP contribution < -0.4 is 0 Å². The van der Waals surface area contributed by atoms with Crippen molar-refractivity contribution in [2.75, 3.05) is 7.11 Å². The number of methoxy groups -OCH3 is 1. The summed E-state index contributed by atoms with van der Waals surface area (Å²) in [7, 11) is 1.66. The molecule has 0 aromatic heterocycles. The molecule has 1 aliphatic heterocycles. The third kappa shape index (κ3) is 4.19. The molecule has 0 unspecified atom stereocenters. The number of aliphatic hydroxyl groups is 2. The lowest BCUT2D eigenvalue weighted by atomic mass is 9.37. The highest BCUT2D eigenvalue weighted by Gasteiger charge is 2.70. The summed E-state index contributed by atoms with van der Waals surface area (Å²) in [5.41, 5.74) is -0.801. The molecule has 4 aliphatic carbocycles. The standard InChI is InChI=1S/C33H52O7/c1-18(34)39-26-17-24-29(2,3)25(35)13-15-32(24,7)23-12-14-31(6)20(10-11-22(31)33(23,26)8)19-16-21(40-28(19)38-9)27(36)30(4,5)37/h11,19-21,23-24,26-28,36-37H,10,12-17H2,1-9H3/t19-,20-,21-,23-,24+,26-,27+,28+,31-,32-,33+/m1/s1. The Kier molecular flexibility index (Phi) is 7.26. The third-order valence-electron chi connectivity index (χ3n) is 12.8. The van der Waals surface area contributed by atoms with Gasteiger partial charge in [-0.3, -0.25) is 9.59 Å². The smallest absolute Gasteiger partial charge is 0.302 e. The van der Waals surface area contributed by atoms with Crippen molar-refractivity contribution < 1.29 is 34.0 Å². The first-order valence-electron chi connectivity index (χ1n) is 15.4. The SMILES string of the molecule is CO[C@H]1O[C@@H]([C@H](O)C(C)(C)O)C[C@@H]1[C@H]1CC=C2[C@@]3(C)[C@H](CC[C@@]21C)[C@@]1(C)CCC(=O)C(C)(C)[C@@H]1C[C@H]3OC(C)=O. The van der Waals surface area contributed by atoms with Crippen LogP contribution in [0.3, 0.4) is 0 Å². The van der Waals surface area contributed by atoms with Gasteiger partial charge < -0.3 is 24.4 Å². The van der Waals surface area contributed by atoms with Crippen LogP contribution in [0.2, 0.25) is 0 Å². The normalized spacial score (nSPS) is 47.1. The molecule has 2 N–H and O–H groups in total. The molecular formula is C33H52O7. The van der Waals surface area contributed by atoms with Crippen molar-refractivity contribution in [3.63, 3.8) is 0 Å². The zero-order chi connectivity index (χ0) is 29.6. The number of ketones is 1. The van der Waals surface area contributed by atoms with Gasteiger partial charge in [0.2, 0.25) is 0 Å². The zero-order valence-corrected chi connectivity index (χ0v) is 26.1. The summed E-state index contributed by atoms with van der Waals surface area (Å²) < 4.78 is 18.3. The Balaban J connectivity index is 1.51. The van der Waals surface area contributed by atoms with E-state index in [0.717, 1.165) is 25.7 Å². The van der Waals surface area contributed by atoms with Crippen LogP contribution in [0.1, 0.15) is 100 Å². The van der Waals surface area contributed by atoms with E-state index < -0.39 is 29.5 Å². The van der Waals surface area contributed by atoms with Crippen LogP contribution in [0.15, 0.2) is 11.6 Å². The maximum Gasteiger partial charge on any atom is 0.302 e. The second-order valence-electron chi connectivity index (χ2n) is 15.6. The predicted molar refractivity (Wildman–Crippen MR) is 151 cm³/mol. The Morgan fingerprint density at radius 3 is 2.40 bits per heavy atom. The Bertz CT molecular complexity index is 1070. The van der Waals surface area contributed by atoms with Gasteiger partial charge in [0.15, 0.2) is 6.29 Å². The average molecular weight is 561 g/mol. The first-order valence-corrected chi connectivity index (χ1v) is 15.4. The number of hydrogen-bond donors (Lipinski definition) is 2. The van der Waals surface area contributed by atoms with E-state index in [2.05, 4.69) is 40.7 Å². The maximum atomic E-state index is 13.1. The highest BCUT2D eigenvalue weighted by molar-refractivity contribution is 5.85. The summed E-state index contributed by atoms with van der Waals surface area (Å²) in [4.78, 5) is 25.6. The summed E-state index contributed by atoms with van der Waals surface area (Å²) in [6.07, 6.45) is 5.90. The molecule has 7 nitrogen and oxygen atoms in total. The van der Waals surface area contributed by atoms with E-state index in [1.54, 1.807) is 21.0 Å². The summed E-state index contributed by atoms with van der Waals surface area (Å²) in [6, 6.07) is 0. The van der Waals surface area contributed by atoms with E-state index in [9.17, 15) is 19.8 Å². The monoisotopic (exact) mass is 560 g/mol. The van der Waals surface area contributed by atoms with E-state index in [-0.39, 0.29) is 46.1 Å². The van der Waals surface area contributed by atoms with Gasteiger partial charge in [-0.15, -0.1) is 0 Å². The lowest BCUT2D eigenvalue weighted by Crippen LogP contribution is -2.65. The molecule has 1 heterocycles. The highest BCUT2D eigenvalue weighted by atomic mass is 16.7. The van der Waals surface area contributed by atoms with E-state index in [0.29, 0.717) is 31.0 Å². The summed E-state index contributed by atoms with van der Waals surface area (Å²) in [5, 5.41) is 21.3. The van der Waals surface area contributed by atoms with Crippen LogP contribution in [0, 0.1) is 45.3 Å². The van der Waals surface area contributed by atoms with Crippen molar-refractivity contribution in [2.45, 2.75) is 131 Å². The topological polar surface area (TPSA) is 102 Å². The Morgan fingerprint density at radius 1 is 1.12 bits per heavy atom. The molecule has 3 saturated carbocycles. The lowest BCUT2D eigenvalue weighted by molar-refractivity contribution is -0.207. The van der Waals surface area contributed by atoms with E-state index in [4.69, 9.17) is 14.2 Å². The lowest BCUT2D eigenvalue weighted by Gasteiger charge is -2.67. The molecule has 40 heavy (non-hydrogen) atoms. The van der Waals surface area contributed by atoms with Gasteiger partial charge in [-0.2, -0.15) is 0 Å². The fraction of sp³-hybridized carbons (Fsp3) is 0.879. The average Bonchev–Trinajstić information content (AvgIpc) is 3.43. The highest BCUT2D eigenvalue weighted by Crippen LogP contribution is 2.73. The van der Waals surface area contributed by atoms with E-state index in [1.165, 1.54) is 12.5 Å². The van der Waals surface area contributed by atoms with Crippen LogP contribution >= 0.6 is 0 Å². The molecular weight excluding hydrogens is 508 g/mol. The molecule has 0 radical (unpaired) electrons. The van der Waals surface area contributed by atoms with Crippen molar-refractivity contribution in [1.29, 1.82) is 0 Å². The summed E-state index contributed by atoms with van der Waals surface area (Å²) in [6.45, 7) is 16.0. The first-order chi connectivity index (χ1) is 18.4. The van der Waals surface area contributed by atoms with Gasteiger partial charge in [0, 0.05) is 37.2 Å². The predicted octanol–water partition coefficient (Wildman–Crippen LogP) is 5.21. The number of carbonyl (C=O) groups is 2. The molecule has 0 amide bonds. The molecule has 11 atom stereocenters.